The summed E-state index contributed by atoms with van der Waals surface area (Å²) in [6.07, 6.45) is 33.3. The van der Waals surface area contributed by atoms with Gasteiger partial charge in [0, 0.05) is 125 Å². The molecule has 0 radical (unpaired) electrons. The lowest BCUT2D eigenvalue weighted by Crippen LogP contribution is -2.41. The lowest BCUT2D eigenvalue weighted by Gasteiger charge is -2.24. The normalized spacial score (nSPS) is 12.6. The van der Waals surface area contributed by atoms with E-state index >= 15 is 0 Å². The number of carboxylic acid groups (broad SMARTS) is 3. The smallest absolute Gasteiger partial charge is 0.320 e. The summed E-state index contributed by atoms with van der Waals surface area (Å²) in [6.45, 7) is 91.5. The molecule has 0 aliphatic heterocycles. The highest BCUT2D eigenvalue weighted by molar-refractivity contribution is 5.80. The van der Waals surface area contributed by atoms with E-state index in [1.165, 1.54) is 135 Å². The van der Waals surface area contributed by atoms with E-state index in [9.17, 15) is 33.6 Å². The lowest BCUT2D eigenvalue weighted by atomic mass is 9.96. The van der Waals surface area contributed by atoms with Crippen LogP contribution in [-0.2, 0) is 43.0 Å². The maximum Gasteiger partial charge on any atom is 0.320 e. The highest BCUT2D eigenvalue weighted by Gasteiger charge is 2.25. The molecule has 0 spiro atoms. The summed E-state index contributed by atoms with van der Waals surface area (Å²) >= 11 is 0. The topological polar surface area (TPSA) is 358 Å². The predicted octanol–water partition coefficient (Wildman–Crippen LogP) is 22.5. The lowest BCUT2D eigenvalue weighted by molar-refractivity contribution is -0.140. The molecule has 0 bridgehead atoms. The number of carbonyl (C=O) groups is 7. The van der Waals surface area contributed by atoms with Crippen molar-refractivity contribution in [1.29, 1.82) is 0 Å². The van der Waals surface area contributed by atoms with Crippen LogP contribution in [0.25, 0.3) is 0 Å². The molecule has 4 amide bonds. The molecule has 0 aliphatic carbocycles. The van der Waals surface area contributed by atoms with Gasteiger partial charge >= 0.3 is 17.9 Å². The standard InChI is InChI=1S/C15H30N2O4.C15H30N2O3.C15H32N2O2.C13H29N.C13H25N.C12H26N2O2.C12H25NO2.C12H27N.C10H23N/c1-10(2)12(9-18)14(19)16-8-6-5-7-13(15(20)21)17-11(3)4;1-10(2)12(5)14(18)16-9-7-6-8-13(15(19)20)17-11(3)4;1-12(2)14(5)15(18)17(7)9-11-19-10-8-16(6)13(3)4;2*1-12(2)10-8-6-5-7-9-11-14-13(3)4;1-10(2)9-12(15)14-6-8-16-7-5-13-11(3)4;1-9(2)7-5-6-8-11(12(14)15)13-10(3)4;1-11(2)9-7-5-6-8-10-13-12(3)4;1-9(2)7-5-6-8-11-10(3)4/h10-13,17-18H,5-9H2,1-4H3,(H,16,19)(H,20,21);10-13,17H,6-9H2,1-5H3,(H,16,18)(H,19,20);12-14H,8-11H2,1-7H3;12-14H,5-11H2,1-4H3;12-14H,5-6,8,10-11H2,1-4H3;10-11,13H,5-9H2,1-4H3,(H,14,15);9-11,13H,5-8H2,1-4H3,(H,14,15);11-13H,5-10H2,1-4H3;9-11H,5-8H2,1-4H3/t2*12-,13-;14-;;;;11-;;/m000...0../s1. The quantitative estimate of drug-likeness (QED) is 0.0199. The van der Waals surface area contributed by atoms with Crippen molar-refractivity contribution >= 4 is 41.5 Å². The zero-order valence-corrected chi connectivity index (χ0v) is 101. The summed E-state index contributed by atoms with van der Waals surface area (Å²) in [7, 11) is 3.94. The first-order valence-electron chi connectivity index (χ1n) is 57.4. The first-order valence-corrected chi connectivity index (χ1v) is 57.4. The molecule has 26 nitrogen and oxygen atoms in total. The number of nitrogens with one attached hydrogen (secondary N) is 11. The van der Waals surface area contributed by atoms with E-state index in [4.69, 9.17) is 29.9 Å². The van der Waals surface area contributed by atoms with E-state index in [1.807, 2.05) is 104 Å². The van der Waals surface area contributed by atoms with Crippen LogP contribution in [0.15, 0.2) is 0 Å². The van der Waals surface area contributed by atoms with E-state index in [-0.39, 0.29) is 78.1 Å². The fourth-order valence-electron chi connectivity index (χ4n) is 13.5. The van der Waals surface area contributed by atoms with Gasteiger partial charge in [-0.1, -0.05) is 344 Å². The zero-order chi connectivity index (χ0) is 112. The average Bonchev–Trinajstić information content (AvgIpc) is 0.897. The number of aliphatic hydroxyl groups excluding tert-OH is 1. The van der Waals surface area contributed by atoms with Gasteiger partial charge in [-0.25, -0.2) is 0 Å². The molecule has 0 rings (SSSR count). The molecule has 0 saturated carbocycles. The number of amides is 4. The van der Waals surface area contributed by atoms with Crippen molar-refractivity contribution in [1.82, 2.24) is 68.3 Å². The number of likely N-dealkylation sites (N-methyl/N-ethyl adjacent to an activating group) is 2. The number of unbranched alkanes of at least 4 members (excludes halogenated alkanes) is 13. The largest absolute Gasteiger partial charge is 0.480 e. The fourth-order valence-corrected chi connectivity index (χ4v) is 13.5. The Morgan fingerprint density at radius 3 is 0.944 bits per heavy atom. The van der Waals surface area contributed by atoms with Gasteiger partial charge in [-0.2, -0.15) is 0 Å². The monoisotopic (exact) mass is 2040 g/mol. The van der Waals surface area contributed by atoms with Crippen molar-refractivity contribution in [3.8, 4) is 11.8 Å². The number of ether oxygens (including phenoxy) is 2. The number of rotatable bonds is 76. The van der Waals surface area contributed by atoms with Crippen LogP contribution in [0, 0.1) is 82.9 Å². The molecule has 0 unspecified atom stereocenters. The third kappa shape index (κ3) is 131. The summed E-state index contributed by atoms with van der Waals surface area (Å²) in [5.41, 5.74) is 0. The maximum atomic E-state index is 12.0. The molecule has 6 atom stereocenters. The summed E-state index contributed by atoms with van der Waals surface area (Å²) in [5.74, 6) is 9.37. The van der Waals surface area contributed by atoms with Crippen LogP contribution >= 0.6 is 0 Å². The number of nitrogens with zero attached hydrogens (tertiary/aromatic N) is 2. The van der Waals surface area contributed by atoms with Gasteiger partial charge in [0.25, 0.3) is 0 Å². The van der Waals surface area contributed by atoms with Gasteiger partial charge in [0.1, 0.15) is 18.1 Å². The summed E-state index contributed by atoms with van der Waals surface area (Å²) in [4.78, 5) is 83.8. The van der Waals surface area contributed by atoms with Crippen molar-refractivity contribution in [2.24, 2.45) is 71.0 Å². The second-order valence-corrected chi connectivity index (χ2v) is 45.9. The number of aliphatic hydroxyl groups is 1. The minimum absolute atomic E-state index is 0.0179. The Hall–Kier alpha value is -4.63. The fraction of sp³-hybridized carbons (Fsp3) is 0.923. The average molecular weight is 2040 g/mol. The van der Waals surface area contributed by atoms with Crippen LogP contribution < -0.4 is 58.5 Å². The summed E-state index contributed by atoms with van der Waals surface area (Å²) in [5, 5.41) is 70.7. The molecule has 0 heterocycles. The maximum absolute atomic E-state index is 12.0. The number of aliphatic carboxylic acids is 3. The van der Waals surface area contributed by atoms with Gasteiger partial charge in [0.05, 0.1) is 45.5 Å². The van der Waals surface area contributed by atoms with E-state index in [2.05, 4.69) is 248 Å². The van der Waals surface area contributed by atoms with Crippen molar-refractivity contribution in [3.05, 3.63) is 0 Å². The Kier molecular flexibility index (Phi) is 118. The van der Waals surface area contributed by atoms with Gasteiger partial charge in [0.2, 0.25) is 23.6 Å². The molecular formula is C117H247N13O13. The number of carbonyl (C=O) groups excluding carboxylic acids is 4. The van der Waals surface area contributed by atoms with Crippen molar-refractivity contribution in [2.45, 2.75) is 522 Å². The third-order valence-electron chi connectivity index (χ3n) is 23.6. The van der Waals surface area contributed by atoms with Gasteiger partial charge in [0.15, 0.2) is 0 Å². The van der Waals surface area contributed by atoms with Crippen LogP contribution in [0.1, 0.15) is 449 Å². The molecule has 0 aromatic carbocycles. The molecule has 0 fully saturated rings. The van der Waals surface area contributed by atoms with Gasteiger partial charge in [-0.05, 0) is 178 Å². The third-order valence-corrected chi connectivity index (χ3v) is 23.6. The van der Waals surface area contributed by atoms with Crippen LogP contribution in [0.3, 0.4) is 0 Å². The van der Waals surface area contributed by atoms with Gasteiger partial charge in [-0.3, -0.25) is 33.6 Å². The highest BCUT2D eigenvalue weighted by Crippen LogP contribution is 2.18. The molecular weight excluding hydrogens is 1800 g/mol. The Morgan fingerprint density at radius 2 is 0.601 bits per heavy atom. The molecule has 143 heavy (non-hydrogen) atoms. The Morgan fingerprint density at radius 1 is 0.294 bits per heavy atom. The van der Waals surface area contributed by atoms with Crippen molar-refractivity contribution in [3.63, 3.8) is 0 Å². The summed E-state index contributed by atoms with van der Waals surface area (Å²) in [6, 6.07) is 2.63. The minimum atomic E-state index is -0.840. The second kappa shape index (κ2) is 109. The Balaban J connectivity index is -0.000000203. The Bertz CT molecular complexity index is 2810. The van der Waals surface area contributed by atoms with Crippen LogP contribution in [0.2, 0.25) is 0 Å². The van der Waals surface area contributed by atoms with E-state index in [1.54, 1.807) is 4.90 Å². The SMILES string of the molecule is CC(C)CC(=O)NCCOCCNC(C)C.CC(C)CCCCC#CCNC(C)C.CC(C)CCCCCCCNC(C)C.CC(C)CCCCCCNC(C)C.CC(C)CCCCNC(C)C.CC(C)CCCC[C@H](NC(C)C)C(=O)O.CC(C)N[C@@H](CCCCNC(=O)[C@@H](C)C(C)C)C(=O)O.CC(C)N[C@@H](CCCCNC(=O)[C@@H](CO)C(C)C)C(=O)O.CC(C)[C@H](C)C(=O)N(C)CCOCCN(C)C(C)C. The first kappa shape index (κ1) is 156. The zero-order valence-electron chi connectivity index (χ0n) is 101. The number of hydrogen-bond acceptors (Lipinski definition) is 19. The second-order valence-electron chi connectivity index (χ2n) is 45.9. The van der Waals surface area contributed by atoms with Crippen molar-refractivity contribution < 1.29 is 63.5 Å². The van der Waals surface area contributed by atoms with E-state index in [0.29, 0.717) is 125 Å². The van der Waals surface area contributed by atoms with Gasteiger partial charge < -0.3 is 98.2 Å². The van der Waals surface area contributed by atoms with Crippen LogP contribution in [-0.4, -0.2) is 257 Å². The molecule has 0 aromatic rings. The van der Waals surface area contributed by atoms with Crippen LogP contribution in [0.5, 0.6) is 0 Å². The Labute approximate surface area is 885 Å². The molecule has 15 N–H and O–H groups in total. The van der Waals surface area contributed by atoms with E-state index < -0.39 is 30.0 Å². The van der Waals surface area contributed by atoms with Crippen molar-refractivity contribution in [2.75, 3.05) is 113 Å². The van der Waals surface area contributed by atoms with Crippen LogP contribution in [0.4, 0.5) is 0 Å². The number of hydrogen-bond donors (Lipinski definition) is 15. The van der Waals surface area contributed by atoms with Gasteiger partial charge in [-0.15, -0.1) is 5.92 Å². The molecule has 858 valence electrons. The highest BCUT2D eigenvalue weighted by atomic mass is 16.5. The predicted molar refractivity (Wildman–Crippen MR) is 615 cm³/mol. The minimum Gasteiger partial charge on any atom is -0.480 e. The molecule has 26 heteroatoms. The summed E-state index contributed by atoms with van der Waals surface area (Å²) < 4.78 is 10.9. The first-order chi connectivity index (χ1) is 66.8. The molecule has 0 saturated heterocycles. The molecule has 0 aliphatic rings. The number of carboxylic acids is 3. The van der Waals surface area contributed by atoms with E-state index in [0.717, 1.165) is 101 Å². The molecule has 0 aromatic heterocycles.